The van der Waals surface area contributed by atoms with E-state index >= 15 is 0 Å². The Morgan fingerprint density at radius 1 is 1.18 bits per heavy atom. The summed E-state index contributed by atoms with van der Waals surface area (Å²) in [6.45, 7) is 5.89. The molecular formula is C14H18N2O. The fourth-order valence-electron chi connectivity index (χ4n) is 1.87. The molecule has 2 rings (SSSR count). The minimum atomic E-state index is -1.04. The number of benzene rings is 1. The lowest BCUT2D eigenvalue weighted by molar-refractivity contribution is 0.0966. The monoisotopic (exact) mass is 230 g/mol. The molecule has 2 aromatic rings. The van der Waals surface area contributed by atoms with Crippen LogP contribution in [-0.2, 0) is 12.6 Å². The van der Waals surface area contributed by atoms with E-state index in [4.69, 9.17) is 0 Å². The largest absolute Gasteiger partial charge is 0.379 e. The van der Waals surface area contributed by atoms with Gasteiger partial charge in [-0.1, -0.05) is 18.2 Å². The summed E-state index contributed by atoms with van der Waals surface area (Å²) in [6.07, 6.45) is 1.84. The molecule has 1 unspecified atom stereocenters. The van der Waals surface area contributed by atoms with Gasteiger partial charge in [-0.05, 0) is 43.5 Å². The first-order valence-electron chi connectivity index (χ1n) is 5.71. The number of hydrogen-bond donors (Lipinski definition) is 1. The summed E-state index contributed by atoms with van der Waals surface area (Å²) in [6, 6.07) is 7.85. The predicted octanol–water partition coefficient (Wildman–Crippen LogP) is 2.29. The van der Waals surface area contributed by atoms with Gasteiger partial charge in [-0.2, -0.15) is 5.10 Å². The van der Waals surface area contributed by atoms with Crippen molar-refractivity contribution in [1.29, 1.82) is 0 Å². The van der Waals surface area contributed by atoms with Gasteiger partial charge >= 0.3 is 0 Å². The molecule has 0 saturated heterocycles. The quantitative estimate of drug-likeness (QED) is 0.859. The van der Waals surface area contributed by atoms with Crippen molar-refractivity contribution in [2.45, 2.75) is 26.4 Å². The van der Waals surface area contributed by atoms with Crippen molar-refractivity contribution in [3.63, 3.8) is 0 Å². The van der Waals surface area contributed by atoms with Crippen molar-refractivity contribution < 1.29 is 5.11 Å². The minimum Gasteiger partial charge on any atom is -0.379 e. The van der Waals surface area contributed by atoms with E-state index in [0.29, 0.717) is 5.69 Å². The third kappa shape index (κ3) is 2.11. The van der Waals surface area contributed by atoms with Crippen molar-refractivity contribution in [2.24, 2.45) is 7.05 Å². The summed E-state index contributed by atoms with van der Waals surface area (Å²) in [5, 5.41) is 14.9. The fraction of sp³-hybridized carbons (Fsp3) is 0.357. The van der Waals surface area contributed by atoms with E-state index in [1.54, 1.807) is 11.6 Å². The van der Waals surface area contributed by atoms with Gasteiger partial charge in [0, 0.05) is 13.2 Å². The molecule has 1 aromatic heterocycles. The molecule has 0 aliphatic heterocycles. The molecule has 1 atom stereocenters. The molecule has 90 valence electrons. The van der Waals surface area contributed by atoms with E-state index < -0.39 is 5.60 Å². The first-order valence-corrected chi connectivity index (χ1v) is 5.71. The van der Waals surface area contributed by atoms with Gasteiger partial charge in [-0.3, -0.25) is 4.68 Å². The van der Waals surface area contributed by atoms with Crippen LogP contribution in [0.1, 0.15) is 29.3 Å². The lowest BCUT2D eigenvalue weighted by Crippen LogP contribution is -2.24. The molecule has 0 fully saturated rings. The van der Waals surface area contributed by atoms with E-state index in [-0.39, 0.29) is 0 Å². The highest BCUT2D eigenvalue weighted by Gasteiger charge is 2.28. The molecule has 1 N–H and O–H groups in total. The maximum atomic E-state index is 10.6. The van der Waals surface area contributed by atoms with Gasteiger partial charge in [0.15, 0.2) is 0 Å². The second kappa shape index (κ2) is 4.00. The zero-order valence-corrected chi connectivity index (χ0v) is 10.7. The average molecular weight is 230 g/mol. The normalized spacial score (nSPS) is 14.6. The summed E-state index contributed by atoms with van der Waals surface area (Å²) < 4.78 is 1.70. The van der Waals surface area contributed by atoms with Crippen LogP contribution >= 0.6 is 0 Å². The van der Waals surface area contributed by atoms with E-state index in [9.17, 15) is 5.11 Å². The van der Waals surface area contributed by atoms with Gasteiger partial charge in [0.05, 0.1) is 5.69 Å². The second-order valence-electron chi connectivity index (χ2n) is 4.75. The van der Waals surface area contributed by atoms with Gasteiger partial charge < -0.3 is 5.11 Å². The van der Waals surface area contributed by atoms with Crippen LogP contribution in [0, 0.1) is 13.8 Å². The third-order valence-electron chi connectivity index (χ3n) is 3.28. The lowest BCUT2D eigenvalue weighted by Gasteiger charge is -2.22. The van der Waals surface area contributed by atoms with Crippen LogP contribution in [0.3, 0.4) is 0 Å². The van der Waals surface area contributed by atoms with E-state index in [2.05, 4.69) is 12.0 Å². The van der Waals surface area contributed by atoms with Crippen LogP contribution in [0.5, 0.6) is 0 Å². The summed E-state index contributed by atoms with van der Waals surface area (Å²) in [5.41, 5.74) is 2.91. The first-order chi connectivity index (χ1) is 7.91. The van der Waals surface area contributed by atoms with Crippen molar-refractivity contribution in [2.75, 3.05) is 0 Å². The maximum absolute atomic E-state index is 10.6. The first kappa shape index (κ1) is 11.9. The smallest absolute Gasteiger partial charge is 0.130 e. The Hall–Kier alpha value is -1.61. The molecule has 1 heterocycles. The topological polar surface area (TPSA) is 38.0 Å². The van der Waals surface area contributed by atoms with Crippen molar-refractivity contribution >= 4 is 0 Å². The fourth-order valence-corrected chi connectivity index (χ4v) is 1.87. The molecule has 3 nitrogen and oxygen atoms in total. The number of nitrogens with zero attached hydrogens (tertiary/aromatic N) is 2. The highest BCUT2D eigenvalue weighted by molar-refractivity contribution is 5.37. The Morgan fingerprint density at radius 2 is 1.88 bits per heavy atom. The van der Waals surface area contributed by atoms with E-state index in [0.717, 1.165) is 5.56 Å². The Bertz CT molecular complexity index is 541. The van der Waals surface area contributed by atoms with Crippen LogP contribution in [0.25, 0.3) is 0 Å². The summed E-state index contributed by atoms with van der Waals surface area (Å²) in [7, 11) is 1.85. The number of aryl methyl sites for hydroxylation is 3. The molecule has 0 aliphatic rings. The number of aromatic nitrogens is 2. The van der Waals surface area contributed by atoms with Crippen LogP contribution in [0.15, 0.2) is 30.5 Å². The molecule has 17 heavy (non-hydrogen) atoms. The van der Waals surface area contributed by atoms with Crippen LogP contribution in [0.4, 0.5) is 0 Å². The summed E-state index contributed by atoms with van der Waals surface area (Å²) in [5.74, 6) is 0. The zero-order valence-electron chi connectivity index (χ0n) is 10.7. The number of rotatable bonds is 2. The molecule has 0 radical (unpaired) electrons. The van der Waals surface area contributed by atoms with Gasteiger partial charge in [0.1, 0.15) is 5.60 Å². The molecule has 3 heteroatoms. The average Bonchev–Trinajstić information content (AvgIpc) is 2.69. The minimum absolute atomic E-state index is 0.670. The van der Waals surface area contributed by atoms with E-state index in [1.165, 1.54) is 11.1 Å². The van der Waals surface area contributed by atoms with Gasteiger partial charge in [0.25, 0.3) is 0 Å². The van der Waals surface area contributed by atoms with E-state index in [1.807, 2.05) is 44.4 Å². The van der Waals surface area contributed by atoms with Crippen LogP contribution in [-0.4, -0.2) is 14.9 Å². The SMILES string of the molecule is Cc1ccc(C(C)(O)c2ccn(C)n2)cc1C. The van der Waals surface area contributed by atoms with Crippen LogP contribution in [0.2, 0.25) is 0 Å². The van der Waals surface area contributed by atoms with Crippen LogP contribution < -0.4 is 0 Å². The Balaban J connectivity index is 2.47. The molecule has 0 saturated carbocycles. The zero-order chi connectivity index (χ0) is 12.6. The Morgan fingerprint density at radius 3 is 2.41 bits per heavy atom. The lowest BCUT2D eigenvalue weighted by atomic mass is 9.90. The molecular weight excluding hydrogens is 212 g/mol. The maximum Gasteiger partial charge on any atom is 0.130 e. The molecule has 0 aliphatic carbocycles. The Labute approximate surface area is 102 Å². The summed E-state index contributed by atoms with van der Waals surface area (Å²) >= 11 is 0. The summed E-state index contributed by atoms with van der Waals surface area (Å²) in [4.78, 5) is 0. The standard InChI is InChI=1S/C14H18N2O/c1-10-5-6-12(9-11(10)2)14(3,17)13-7-8-16(4)15-13/h5-9,17H,1-4H3. The van der Waals surface area contributed by atoms with Crippen molar-refractivity contribution in [3.05, 3.63) is 52.8 Å². The molecule has 0 amide bonds. The highest BCUT2D eigenvalue weighted by atomic mass is 16.3. The van der Waals surface area contributed by atoms with Gasteiger partial charge in [-0.25, -0.2) is 0 Å². The number of hydrogen-bond acceptors (Lipinski definition) is 2. The van der Waals surface area contributed by atoms with Crippen molar-refractivity contribution in [1.82, 2.24) is 9.78 Å². The molecule has 0 spiro atoms. The van der Waals surface area contributed by atoms with Gasteiger partial charge in [0.2, 0.25) is 0 Å². The molecule has 1 aromatic carbocycles. The predicted molar refractivity (Wildman–Crippen MR) is 67.8 cm³/mol. The Kier molecular flexibility index (Phi) is 2.79. The highest BCUT2D eigenvalue weighted by Crippen LogP contribution is 2.28. The second-order valence-corrected chi connectivity index (χ2v) is 4.75. The van der Waals surface area contributed by atoms with Gasteiger partial charge in [-0.15, -0.1) is 0 Å². The van der Waals surface area contributed by atoms with Crippen molar-refractivity contribution in [3.8, 4) is 0 Å². The molecule has 0 bridgehead atoms. The third-order valence-corrected chi connectivity index (χ3v) is 3.28. The number of aliphatic hydroxyl groups is 1.